The van der Waals surface area contributed by atoms with E-state index in [1.54, 1.807) is 0 Å². The first kappa shape index (κ1) is 12.8. The predicted molar refractivity (Wildman–Crippen MR) is 45.4 cm³/mol. The largest absolute Gasteiger partial charge is 0.354 e. The lowest BCUT2D eigenvalue weighted by Crippen LogP contribution is -2.01. The molecule has 3 nitrogen and oxygen atoms in total. The lowest BCUT2D eigenvalue weighted by atomic mass is 10.5. The highest BCUT2D eigenvalue weighted by atomic mass is 35.5. The molecule has 2 N–H and O–H groups in total. The summed E-state index contributed by atoms with van der Waals surface area (Å²) in [4.78, 5) is 2.00. The first-order valence-corrected chi connectivity index (χ1v) is 3.06. The van der Waals surface area contributed by atoms with E-state index in [4.69, 9.17) is 10.5 Å². The highest BCUT2D eigenvalue weighted by molar-refractivity contribution is 5.85. The monoisotopic (exact) mass is 168 g/mol. The van der Waals surface area contributed by atoms with Gasteiger partial charge in [-0.15, -0.1) is 12.4 Å². The number of halogens is 1. The SMILES string of the molecule is CC1OC1N.CN(C)C.Cl. The molecule has 0 bridgehead atoms. The van der Waals surface area contributed by atoms with Crippen molar-refractivity contribution in [3.8, 4) is 0 Å². The van der Waals surface area contributed by atoms with Crippen molar-refractivity contribution in [2.24, 2.45) is 5.73 Å². The average molecular weight is 169 g/mol. The molecule has 0 aromatic carbocycles. The minimum atomic E-state index is 0. The van der Waals surface area contributed by atoms with Gasteiger partial charge in [-0.05, 0) is 28.1 Å². The molecule has 64 valence electrons. The molecule has 2 atom stereocenters. The molecule has 0 spiro atoms. The number of epoxide rings is 1. The summed E-state index contributed by atoms with van der Waals surface area (Å²) in [6, 6.07) is 0. The van der Waals surface area contributed by atoms with Crippen LogP contribution < -0.4 is 5.73 Å². The summed E-state index contributed by atoms with van der Waals surface area (Å²) in [6.07, 6.45) is 0.380. The van der Waals surface area contributed by atoms with Crippen molar-refractivity contribution in [2.45, 2.75) is 19.3 Å². The molecule has 0 aromatic rings. The lowest BCUT2D eigenvalue weighted by Gasteiger charge is -1.90. The Kier molecular flexibility index (Phi) is 7.58. The van der Waals surface area contributed by atoms with E-state index < -0.39 is 0 Å². The maximum Gasteiger partial charge on any atom is 0.132 e. The van der Waals surface area contributed by atoms with Gasteiger partial charge in [0.25, 0.3) is 0 Å². The third-order valence-electron chi connectivity index (χ3n) is 0.758. The maximum absolute atomic E-state index is 5.14. The topological polar surface area (TPSA) is 41.8 Å². The molecular weight excluding hydrogens is 152 g/mol. The van der Waals surface area contributed by atoms with Crippen molar-refractivity contribution < 1.29 is 4.74 Å². The van der Waals surface area contributed by atoms with E-state index in [0.717, 1.165) is 0 Å². The third-order valence-corrected chi connectivity index (χ3v) is 0.758. The van der Waals surface area contributed by atoms with E-state index in [-0.39, 0.29) is 18.6 Å². The standard InChI is InChI=1S/C3H7NO.C3H9N.ClH/c1-2-3(4)5-2;1-4(2)3;/h2-3H,4H2,1H3;1-3H3;1H. The van der Waals surface area contributed by atoms with Crippen LogP contribution in [0.5, 0.6) is 0 Å². The first-order chi connectivity index (χ1) is 4.04. The summed E-state index contributed by atoms with van der Waals surface area (Å²) in [6.45, 7) is 1.95. The van der Waals surface area contributed by atoms with E-state index >= 15 is 0 Å². The second kappa shape index (κ2) is 5.92. The Morgan fingerprint density at radius 1 is 1.30 bits per heavy atom. The van der Waals surface area contributed by atoms with Crippen molar-refractivity contribution in [2.75, 3.05) is 21.1 Å². The molecule has 0 aromatic heterocycles. The average Bonchev–Trinajstić information content (AvgIpc) is 2.16. The molecule has 0 saturated carbocycles. The van der Waals surface area contributed by atoms with Crippen LogP contribution in [0.3, 0.4) is 0 Å². The molecule has 0 amide bonds. The number of hydrogen-bond donors (Lipinski definition) is 1. The molecule has 1 aliphatic heterocycles. The third kappa shape index (κ3) is 11.0. The van der Waals surface area contributed by atoms with Gasteiger partial charge in [-0.1, -0.05) is 0 Å². The Bertz CT molecular complexity index is 71.4. The number of nitrogens with two attached hydrogens (primary N) is 1. The number of ether oxygens (including phenoxy) is 1. The smallest absolute Gasteiger partial charge is 0.132 e. The second-order valence-electron chi connectivity index (χ2n) is 2.65. The van der Waals surface area contributed by atoms with E-state index in [2.05, 4.69) is 0 Å². The van der Waals surface area contributed by atoms with Gasteiger partial charge >= 0.3 is 0 Å². The molecule has 1 rings (SSSR count). The number of rotatable bonds is 0. The van der Waals surface area contributed by atoms with Crippen molar-refractivity contribution in [3.63, 3.8) is 0 Å². The van der Waals surface area contributed by atoms with Crippen molar-refractivity contribution in [1.29, 1.82) is 0 Å². The minimum absolute atomic E-state index is 0. The molecule has 4 heteroatoms. The van der Waals surface area contributed by atoms with Crippen LogP contribution in [0.25, 0.3) is 0 Å². The predicted octanol–water partition coefficient (Wildman–Crippen LogP) is 0.290. The molecule has 1 aliphatic rings. The summed E-state index contributed by atoms with van der Waals surface area (Å²) in [5.74, 6) is 0. The van der Waals surface area contributed by atoms with E-state index in [1.165, 1.54) is 0 Å². The van der Waals surface area contributed by atoms with Crippen LogP contribution in [0.1, 0.15) is 6.92 Å². The molecule has 10 heavy (non-hydrogen) atoms. The summed E-state index contributed by atoms with van der Waals surface area (Å²) < 4.78 is 4.69. The molecule has 2 unspecified atom stereocenters. The Hall–Kier alpha value is 0.170. The molecule has 1 fully saturated rings. The fourth-order valence-electron chi connectivity index (χ4n) is 0.202. The van der Waals surface area contributed by atoms with Crippen molar-refractivity contribution in [3.05, 3.63) is 0 Å². The fourth-order valence-corrected chi connectivity index (χ4v) is 0.202. The Morgan fingerprint density at radius 3 is 1.40 bits per heavy atom. The van der Waals surface area contributed by atoms with E-state index in [1.807, 2.05) is 33.0 Å². The summed E-state index contributed by atoms with van der Waals surface area (Å²) in [5.41, 5.74) is 5.14. The van der Waals surface area contributed by atoms with Gasteiger partial charge in [-0.25, -0.2) is 0 Å². The zero-order valence-corrected chi connectivity index (χ0v) is 7.81. The highest BCUT2D eigenvalue weighted by Gasteiger charge is 2.28. The van der Waals surface area contributed by atoms with Crippen LogP contribution >= 0.6 is 12.4 Å². The van der Waals surface area contributed by atoms with Gasteiger partial charge in [-0.3, -0.25) is 0 Å². The second-order valence-corrected chi connectivity index (χ2v) is 2.65. The molecule has 0 aliphatic carbocycles. The zero-order valence-electron chi connectivity index (χ0n) is 7.00. The zero-order chi connectivity index (χ0) is 7.44. The Balaban J connectivity index is 0. The van der Waals surface area contributed by atoms with Crippen LogP contribution in [0.4, 0.5) is 0 Å². The summed E-state index contributed by atoms with van der Waals surface area (Å²) >= 11 is 0. The van der Waals surface area contributed by atoms with Gasteiger partial charge in [0, 0.05) is 0 Å². The van der Waals surface area contributed by atoms with Gasteiger partial charge in [0.1, 0.15) is 6.23 Å². The number of nitrogens with zero attached hydrogens (tertiary/aromatic N) is 1. The summed E-state index contributed by atoms with van der Waals surface area (Å²) in [5, 5.41) is 0. The molecule has 1 heterocycles. The fraction of sp³-hybridized carbons (Fsp3) is 1.00. The first-order valence-electron chi connectivity index (χ1n) is 3.06. The van der Waals surface area contributed by atoms with Gasteiger partial charge in [0.2, 0.25) is 0 Å². The van der Waals surface area contributed by atoms with Crippen LogP contribution in [0.15, 0.2) is 0 Å². The van der Waals surface area contributed by atoms with Crippen LogP contribution in [-0.4, -0.2) is 38.4 Å². The van der Waals surface area contributed by atoms with Crippen molar-refractivity contribution >= 4 is 12.4 Å². The maximum atomic E-state index is 5.14. The van der Waals surface area contributed by atoms with Crippen LogP contribution in [-0.2, 0) is 4.74 Å². The van der Waals surface area contributed by atoms with Crippen molar-refractivity contribution in [1.82, 2.24) is 4.90 Å². The van der Waals surface area contributed by atoms with Gasteiger partial charge < -0.3 is 15.4 Å². The van der Waals surface area contributed by atoms with E-state index in [0.29, 0.717) is 6.10 Å². The van der Waals surface area contributed by atoms with E-state index in [9.17, 15) is 0 Å². The molecular formula is C6H17ClN2O. The molecule has 0 radical (unpaired) electrons. The summed E-state index contributed by atoms with van der Waals surface area (Å²) in [7, 11) is 6.00. The lowest BCUT2D eigenvalue weighted by molar-refractivity contribution is 0.383. The Labute approximate surface area is 68.9 Å². The highest BCUT2D eigenvalue weighted by Crippen LogP contribution is 2.12. The van der Waals surface area contributed by atoms with Gasteiger partial charge in [0.15, 0.2) is 0 Å². The van der Waals surface area contributed by atoms with Crippen LogP contribution in [0, 0.1) is 0 Å². The van der Waals surface area contributed by atoms with Crippen LogP contribution in [0.2, 0.25) is 0 Å². The Morgan fingerprint density at radius 2 is 1.40 bits per heavy atom. The minimum Gasteiger partial charge on any atom is -0.354 e. The normalized spacial score (nSPS) is 28.2. The number of hydrogen-bond acceptors (Lipinski definition) is 3. The van der Waals surface area contributed by atoms with Gasteiger partial charge in [-0.2, -0.15) is 0 Å². The molecule has 1 saturated heterocycles. The quantitative estimate of drug-likeness (QED) is 0.529. The van der Waals surface area contributed by atoms with Gasteiger partial charge in [0.05, 0.1) is 6.10 Å².